The number of nitrogens with one attached hydrogen (secondary N) is 1. The van der Waals surface area contributed by atoms with E-state index >= 15 is 0 Å². The van der Waals surface area contributed by atoms with Crippen molar-refractivity contribution in [1.29, 1.82) is 0 Å². The number of ether oxygens (including phenoxy) is 1. The van der Waals surface area contributed by atoms with Crippen molar-refractivity contribution in [3.63, 3.8) is 0 Å². The molecule has 28 heavy (non-hydrogen) atoms. The highest BCUT2D eigenvalue weighted by atomic mass is 32.2. The number of phenols is 1. The summed E-state index contributed by atoms with van der Waals surface area (Å²) in [6.07, 6.45) is 7.74. The van der Waals surface area contributed by atoms with Crippen LogP contribution in [0.1, 0.15) is 37.3 Å². The molecule has 2 aromatic rings. The van der Waals surface area contributed by atoms with Gasteiger partial charge in [-0.1, -0.05) is 38.0 Å². The van der Waals surface area contributed by atoms with Crippen LogP contribution in [-0.2, 0) is 11.2 Å². The summed E-state index contributed by atoms with van der Waals surface area (Å²) in [4.78, 5) is 13.1. The molecule has 0 spiro atoms. The number of thioether (sulfide) groups is 1. The average Bonchev–Trinajstić information content (AvgIpc) is 2.71. The van der Waals surface area contributed by atoms with E-state index in [-0.39, 0.29) is 11.7 Å². The highest BCUT2D eigenvalue weighted by molar-refractivity contribution is 7.99. The maximum Gasteiger partial charge on any atom is 0.244 e. The monoisotopic (exact) mass is 399 g/mol. The van der Waals surface area contributed by atoms with Crippen LogP contribution in [0.25, 0.3) is 6.08 Å². The minimum atomic E-state index is -0.119. The lowest BCUT2D eigenvalue weighted by molar-refractivity contribution is -0.116. The summed E-state index contributed by atoms with van der Waals surface area (Å²) < 4.78 is 5.45. The van der Waals surface area contributed by atoms with Gasteiger partial charge in [0, 0.05) is 17.5 Å². The number of phenolic OH excluding ortho intramolecular Hbond substituents is 1. The zero-order chi connectivity index (χ0) is 20.2. The van der Waals surface area contributed by atoms with Crippen molar-refractivity contribution in [3.05, 3.63) is 59.7 Å². The molecule has 2 N–H and O–H groups in total. The fraction of sp³-hybridized carbons (Fsp3) is 0.348. The van der Waals surface area contributed by atoms with E-state index in [1.807, 2.05) is 30.3 Å². The second-order valence-corrected chi connectivity index (χ2v) is 7.64. The lowest BCUT2D eigenvalue weighted by atomic mass is 10.1. The largest absolute Gasteiger partial charge is 0.508 e. The van der Waals surface area contributed by atoms with Gasteiger partial charge in [-0.25, -0.2) is 0 Å². The van der Waals surface area contributed by atoms with Gasteiger partial charge in [0.2, 0.25) is 5.91 Å². The van der Waals surface area contributed by atoms with Crippen LogP contribution in [0.3, 0.4) is 0 Å². The fourth-order valence-electron chi connectivity index (χ4n) is 2.67. The van der Waals surface area contributed by atoms with Crippen LogP contribution in [0.5, 0.6) is 11.5 Å². The number of methoxy groups -OCH3 is 1. The Hall–Kier alpha value is -2.40. The lowest BCUT2D eigenvalue weighted by Gasteiger charge is -2.09. The second kappa shape index (κ2) is 12.1. The topological polar surface area (TPSA) is 58.6 Å². The molecule has 150 valence electrons. The van der Waals surface area contributed by atoms with Gasteiger partial charge in [-0.2, -0.15) is 0 Å². The summed E-state index contributed by atoms with van der Waals surface area (Å²) in [5.74, 6) is 2.07. The van der Waals surface area contributed by atoms with Gasteiger partial charge in [-0.3, -0.25) is 4.79 Å². The number of hydrogen-bond donors (Lipinski definition) is 2. The fourth-order valence-corrected chi connectivity index (χ4v) is 3.75. The average molecular weight is 400 g/mol. The van der Waals surface area contributed by atoms with E-state index in [1.54, 1.807) is 37.1 Å². The molecule has 1 amide bonds. The molecule has 2 aromatic carbocycles. The Balaban J connectivity index is 1.85. The Kier molecular flexibility index (Phi) is 9.49. The zero-order valence-electron chi connectivity index (χ0n) is 16.6. The van der Waals surface area contributed by atoms with Gasteiger partial charge in [0.05, 0.1) is 7.11 Å². The highest BCUT2D eigenvalue weighted by Crippen LogP contribution is 2.31. The number of aromatic hydroxyl groups is 1. The van der Waals surface area contributed by atoms with Gasteiger partial charge >= 0.3 is 0 Å². The van der Waals surface area contributed by atoms with E-state index in [0.717, 1.165) is 33.9 Å². The van der Waals surface area contributed by atoms with Crippen LogP contribution in [0.15, 0.2) is 53.4 Å². The molecule has 0 fully saturated rings. The van der Waals surface area contributed by atoms with Gasteiger partial charge in [0.25, 0.3) is 0 Å². The molecule has 0 atom stereocenters. The molecule has 0 bridgehead atoms. The van der Waals surface area contributed by atoms with E-state index < -0.39 is 0 Å². The van der Waals surface area contributed by atoms with E-state index in [2.05, 4.69) is 18.3 Å². The Bertz CT molecular complexity index is 772. The second-order valence-electron chi connectivity index (χ2n) is 6.51. The quantitative estimate of drug-likeness (QED) is 0.315. The predicted octanol–water partition coefficient (Wildman–Crippen LogP) is 5.06. The van der Waals surface area contributed by atoms with E-state index in [4.69, 9.17) is 4.74 Å². The summed E-state index contributed by atoms with van der Waals surface area (Å²) in [7, 11) is 1.68. The molecule has 0 saturated carbocycles. The number of unbranched alkanes of at least 4 members (excludes halogenated alkanes) is 2. The predicted molar refractivity (Wildman–Crippen MR) is 117 cm³/mol. The summed E-state index contributed by atoms with van der Waals surface area (Å²) >= 11 is 1.80. The van der Waals surface area contributed by atoms with Crippen molar-refractivity contribution in [2.45, 2.75) is 37.5 Å². The maximum atomic E-state index is 12.0. The molecule has 5 heteroatoms. The third-order valence-electron chi connectivity index (χ3n) is 4.27. The Labute approximate surface area is 172 Å². The van der Waals surface area contributed by atoms with Gasteiger partial charge in [-0.15, -0.1) is 11.8 Å². The number of benzene rings is 2. The van der Waals surface area contributed by atoms with Crippen LogP contribution >= 0.6 is 11.8 Å². The van der Waals surface area contributed by atoms with Gasteiger partial charge in [-0.05, 0) is 60.1 Å². The third kappa shape index (κ3) is 7.69. The first-order valence-electron chi connectivity index (χ1n) is 9.67. The van der Waals surface area contributed by atoms with Crippen molar-refractivity contribution in [2.24, 2.45) is 0 Å². The Morgan fingerprint density at radius 3 is 2.68 bits per heavy atom. The molecule has 0 aliphatic heterocycles. The van der Waals surface area contributed by atoms with Crippen molar-refractivity contribution < 1.29 is 14.6 Å². The number of carbonyl (C=O) groups is 1. The minimum Gasteiger partial charge on any atom is -0.508 e. The molecule has 0 aliphatic rings. The van der Waals surface area contributed by atoms with Gasteiger partial charge in [0.15, 0.2) is 0 Å². The molecule has 0 unspecified atom stereocenters. The van der Waals surface area contributed by atoms with Crippen LogP contribution in [0, 0.1) is 0 Å². The molecule has 0 aliphatic carbocycles. The summed E-state index contributed by atoms with van der Waals surface area (Å²) in [5, 5.41) is 12.2. The summed E-state index contributed by atoms with van der Waals surface area (Å²) in [6, 6.07) is 13.0. The first kappa shape index (κ1) is 21.9. The van der Waals surface area contributed by atoms with E-state index in [9.17, 15) is 9.90 Å². The summed E-state index contributed by atoms with van der Waals surface area (Å²) in [6.45, 7) is 2.75. The van der Waals surface area contributed by atoms with Gasteiger partial charge in [0.1, 0.15) is 11.5 Å². The Morgan fingerprint density at radius 2 is 1.96 bits per heavy atom. The third-order valence-corrected chi connectivity index (χ3v) is 5.39. The standard InChI is InChI=1S/C23H29NO3S/c1-3-4-5-16-28-22-17-19(8-12-21(22)27-2)9-13-23(26)24-15-14-18-6-10-20(25)11-7-18/h6-13,17,25H,3-5,14-16H2,1-2H3,(H,24,26). The lowest BCUT2D eigenvalue weighted by Crippen LogP contribution is -2.23. The SMILES string of the molecule is CCCCCSc1cc(C=CC(=O)NCCc2ccc(O)cc2)ccc1OC. The number of amides is 1. The van der Waals surface area contributed by atoms with E-state index in [0.29, 0.717) is 6.54 Å². The van der Waals surface area contributed by atoms with Crippen LogP contribution in [-0.4, -0.2) is 30.4 Å². The normalized spacial score (nSPS) is 10.9. The summed E-state index contributed by atoms with van der Waals surface area (Å²) in [5.41, 5.74) is 2.05. The molecule has 0 radical (unpaired) electrons. The minimum absolute atomic E-state index is 0.119. The van der Waals surface area contributed by atoms with Gasteiger partial charge < -0.3 is 15.2 Å². The molecular formula is C23H29NO3S. The van der Waals surface area contributed by atoms with Crippen molar-refractivity contribution in [2.75, 3.05) is 19.4 Å². The molecule has 2 rings (SSSR count). The highest BCUT2D eigenvalue weighted by Gasteiger charge is 2.05. The number of hydrogen-bond acceptors (Lipinski definition) is 4. The first-order chi connectivity index (χ1) is 13.6. The van der Waals surface area contributed by atoms with Crippen LogP contribution in [0.2, 0.25) is 0 Å². The van der Waals surface area contributed by atoms with E-state index in [1.165, 1.54) is 19.3 Å². The molecule has 0 heterocycles. The Morgan fingerprint density at radius 1 is 1.18 bits per heavy atom. The molecule has 4 nitrogen and oxygen atoms in total. The molecular weight excluding hydrogens is 370 g/mol. The zero-order valence-corrected chi connectivity index (χ0v) is 17.4. The smallest absolute Gasteiger partial charge is 0.244 e. The van der Waals surface area contributed by atoms with Crippen LogP contribution < -0.4 is 10.1 Å². The number of carbonyl (C=O) groups excluding carboxylic acids is 1. The van der Waals surface area contributed by atoms with Crippen molar-refractivity contribution >= 4 is 23.7 Å². The van der Waals surface area contributed by atoms with Crippen molar-refractivity contribution in [1.82, 2.24) is 5.32 Å². The van der Waals surface area contributed by atoms with Crippen molar-refractivity contribution in [3.8, 4) is 11.5 Å². The molecule has 0 aromatic heterocycles. The molecule has 0 saturated heterocycles. The first-order valence-corrected chi connectivity index (χ1v) is 10.7. The van der Waals surface area contributed by atoms with Crippen LogP contribution in [0.4, 0.5) is 0 Å². The maximum absolute atomic E-state index is 12.0. The number of rotatable bonds is 11.